The van der Waals surface area contributed by atoms with Crippen LogP contribution in [0.2, 0.25) is 5.02 Å². The quantitative estimate of drug-likeness (QED) is 0.621. The number of amides is 1. The van der Waals surface area contributed by atoms with Crippen LogP contribution in [0.5, 0.6) is 0 Å². The number of carbonyl (C=O) groups excluding carboxylic acids is 1. The van der Waals surface area contributed by atoms with Crippen molar-refractivity contribution in [2.24, 2.45) is 5.41 Å². The van der Waals surface area contributed by atoms with Gasteiger partial charge in [0.1, 0.15) is 0 Å². The molecule has 3 N–H and O–H groups in total. The monoisotopic (exact) mass is 298 g/mol. The summed E-state index contributed by atoms with van der Waals surface area (Å²) in [6.07, 6.45) is 1.28. The fourth-order valence-electron chi connectivity index (χ4n) is 1.51. The molecule has 1 amide bonds. The average Bonchev–Trinajstić information content (AvgIpc) is 2.31. The van der Waals surface area contributed by atoms with Crippen molar-refractivity contribution in [3.8, 4) is 0 Å². The molecule has 0 fully saturated rings. The molecule has 0 unspecified atom stereocenters. The molecular formula is C15H23ClN2O2. The summed E-state index contributed by atoms with van der Waals surface area (Å²) in [5.74, 6) is -0.116. The van der Waals surface area contributed by atoms with Gasteiger partial charge in [-0.1, -0.05) is 32.4 Å². The topological polar surface area (TPSA) is 64.3 Å². The zero-order valence-electron chi connectivity index (χ0n) is 12.3. The maximum atomic E-state index is 11.7. The Morgan fingerprint density at radius 2 is 2.05 bits per heavy atom. The van der Waals surface area contributed by atoms with Gasteiger partial charge in [0.05, 0.1) is 24.4 Å². The molecule has 0 bridgehead atoms. The number of benzene rings is 1. The van der Waals surface area contributed by atoms with E-state index < -0.39 is 0 Å². The largest absolute Gasteiger partial charge is 0.397 e. The van der Waals surface area contributed by atoms with Crippen LogP contribution in [-0.4, -0.2) is 19.1 Å². The van der Waals surface area contributed by atoms with E-state index >= 15 is 0 Å². The fraction of sp³-hybridized carbons (Fsp3) is 0.533. The fourth-order valence-corrected chi connectivity index (χ4v) is 1.69. The van der Waals surface area contributed by atoms with Crippen LogP contribution in [0.3, 0.4) is 0 Å². The van der Waals surface area contributed by atoms with Gasteiger partial charge in [-0.2, -0.15) is 0 Å². The predicted molar refractivity (Wildman–Crippen MR) is 84.0 cm³/mol. The third-order valence-electron chi connectivity index (χ3n) is 2.76. The molecule has 0 saturated carbocycles. The second kappa shape index (κ2) is 7.50. The standard InChI is InChI=1S/C15H23ClN2O2/c1-15(2,3)7-9-20-8-6-14(19)18-13-5-4-11(16)10-12(13)17/h4-5,10H,6-9,17H2,1-3H3,(H,18,19). The first-order chi connectivity index (χ1) is 9.28. The van der Waals surface area contributed by atoms with Crippen molar-refractivity contribution in [2.75, 3.05) is 24.3 Å². The number of nitrogens with two attached hydrogens (primary N) is 1. The first kappa shape index (κ1) is 16.8. The summed E-state index contributed by atoms with van der Waals surface area (Å²) < 4.78 is 5.45. The zero-order valence-corrected chi connectivity index (χ0v) is 13.1. The van der Waals surface area contributed by atoms with E-state index in [0.717, 1.165) is 6.42 Å². The van der Waals surface area contributed by atoms with Crippen LogP contribution in [0.4, 0.5) is 11.4 Å². The number of ether oxygens (including phenoxy) is 1. The average molecular weight is 299 g/mol. The third-order valence-corrected chi connectivity index (χ3v) is 2.99. The number of hydrogen-bond donors (Lipinski definition) is 2. The highest BCUT2D eigenvalue weighted by molar-refractivity contribution is 6.31. The van der Waals surface area contributed by atoms with Crippen molar-refractivity contribution < 1.29 is 9.53 Å². The van der Waals surface area contributed by atoms with Gasteiger partial charge in [0.15, 0.2) is 0 Å². The number of hydrogen-bond acceptors (Lipinski definition) is 3. The van der Waals surface area contributed by atoms with E-state index in [4.69, 9.17) is 22.1 Å². The van der Waals surface area contributed by atoms with Gasteiger partial charge in [-0.3, -0.25) is 4.79 Å². The third kappa shape index (κ3) is 6.78. The summed E-state index contributed by atoms with van der Waals surface area (Å²) in [6, 6.07) is 4.99. The first-order valence-electron chi connectivity index (χ1n) is 6.70. The van der Waals surface area contributed by atoms with E-state index in [9.17, 15) is 4.79 Å². The van der Waals surface area contributed by atoms with Crippen LogP contribution in [0, 0.1) is 5.41 Å². The van der Waals surface area contributed by atoms with Gasteiger partial charge in [0, 0.05) is 11.6 Å². The maximum Gasteiger partial charge on any atom is 0.226 e. The van der Waals surface area contributed by atoms with Crippen molar-refractivity contribution in [1.82, 2.24) is 0 Å². The maximum absolute atomic E-state index is 11.7. The number of carbonyl (C=O) groups is 1. The number of nitrogens with one attached hydrogen (secondary N) is 1. The normalized spacial score (nSPS) is 11.4. The Bertz CT molecular complexity index is 456. The van der Waals surface area contributed by atoms with Crippen LogP contribution in [-0.2, 0) is 9.53 Å². The van der Waals surface area contributed by atoms with Gasteiger partial charge in [0.25, 0.3) is 0 Å². The highest BCUT2D eigenvalue weighted by atomic mass is 35.5. The summed E-state index contributed by atoms with van der Waals surface area (Å²) in [7, 11) is 0. The molecule has 1 rings (SSSR count). The molecule has 0 aliphatic heterocycles. The van der Waals surface area contributed by atoms with Crippen molar-refractivity contribution in [2.45, 2.75) is 33.6 Å². The number of rotatable bonds is 6. The van der Waals surface area contributed by atoms with Crippen LogP contribution < -0.4 is 11.1 Å². The molecule has 0 aliphatic rings. The molecule has 20 heavy (non-hydrogen) atoms. The predicted octanol–water partition coefficient (Wildman–Crippen LogP) is 3.70. The minimum Gasteiger partial charge on any atom is -0.397 e. The van der Waals surface area contributed by atoms with Crippen molar-refractivity contribution in [1.29, 1.82) is 0 Å². The van der Waals surface area contributed by atoms with E-state index in [1.807, 2.05) is 0 Å². The highest BCUT2D eigenvalue weighted by Gasteiger charge is 2.10. The minimum absolute atomic E-state index is 0.116. The van der Waals surface area contributed by atoms with Gasteiger partial charge in [-0.25, -0.2) is 0 Å². The molecule has 0 aliphatic carbocycles. The smallest absolute Gasteiger partial charge is 0.226 e. The van der Waals surface area contributed by atoms with Crippen LogP contribution in [0.25, 0.3) is 0 Å². The molecule has 5 heteroatoms. The van der Waals surface area contributed by atoms with E-state index in [0.29, 0.717) is 36.0 Å². The molecule has 0 spiro atoms. The van der Waals surface area contributed by atoms with E-state index in [1.165, 1.54) is 0 Å². The highest BCUT2D eigenvalue weighted by Crippen LogP contribution is 2.22. The summed E-state index contributed by atoms with van der Waals surface area (Å²) >= 11 is 5.80. The molecular weight excluding hydrogens is 276 g/mol. The summed E-state index contributed by atoms with van der Waals surface area (Å²) in [6.45, 7) is 7.56. The Morgan fingerprint density at radius 3 is 2.65 bits per heavy atom. The van der Waals surface area contributed by atoms with Crippen molar-refractivity contribution >= 4 is 28.9 Å². The first-order valence-corrected chi connectivity index (χ1v) is 7.08. The van der Waals surface area contributed by atoms with Crippen LogP contribution in [0.15, 0.2) is 18.2 Å². The summed E-state index contributed by atoms with van der Waals surface area (Å²) in [4.78, 5) is 11.7. The molecule has 4 nitrogen and oxygen atoms in total. The number of nitrogen functional groups attached to an aromatic ring is 1. The van der Waals surface area contributed by atoms with Crippen LogP contribution >= 0.6 is 11.6 Å². The van der Waals surface area contributed by atoms with E-state index in [2.05, 4.69) is 26.1 Å². The van der Waals surface area contributed by atoms with Crippen LogP contribution in [0.1, 0.15) is 33.6 Å². The lowest BCUT2D eigenvalue weighted by atomic mass is 9.93. The lowest BCUT2D eigenvalue weighted by Crippen LogP contribution is -2.16. The molecule has 1 aromatic rings. The Hall–Kier alpha value is -1.26. The van der Waals surface area contributed by atoms with Gasteiger partial charge in [0.2, 0.25) is 5.91 Å². The van der Waals surface area contributed by atoms with Gasteiger partial charge >= 0.3 is 0 Å². The lowest BCUT2D eigenvalue weighted by Gasteiger charge is -2.17. The van der Waals surface area contributed by atoms with E-state index in [-0.39, 0.29) is 11.3 Å². The Morgan fingerprint density at radius 1 is 1.35 bits per heavy atom. The lowest BCUT2D eigenvalue weighted by molar-refractivity contribution is -0.117. The molecule has 0 radical (unpaired) electrons. The second-order valence-corrected chi connectivity index (χ2v) is 6.39. The van der Waals surface area contributed by atoms with Gasteiger partial charge < -0.3 is 15.8 Å². The number of anilines is 2. The minimum atomic E-state index is -0.116. The van der Waals surface area contributed by atoms with Crippen molar-refractivity contribution in [3.63, 3.8) is 0 Å². The summed E-state index contributed by atoms with van der Waals surface area (Å²) in [5.41, 5.74) is 7.05. The Kier molecular flexibility index (Phi) is 6.30. The van der Waals surface area contributed by atoms with Crippen molar-refractivity contribution in [3.05, 3.63) is 23.2 Å². The van der Waals surface area contributed by atoms with Gasteiger partial charge in [-0.15, -0.1) is 0 Å². The molecule has 0 saturated heterocycles. The Labute approximate surface area is 125 Å². The molecule has 0 atom stereocenters. The summed E-state index contributed by atoms with van der Waals surface area (Å²) in [5, 5.41) is 3.29. The second-order valence-electron chi connectivity index (χ2n) is 5.95. The van der Waals surface area contributed by atoms with Gasteiger partial charge in [-0.05, 0) is 30.0 Å². The molecule has 1 aromatic carbocycles. The molecule has 0 aromatic heterocycles. The zero-order chi connectivity index (χ0) is 15.2. The SMILES string of the molecule is CC(C)(C)CCOCCC(=O)Nc1ccc(Cl)cc1N. The molecule has 112 valence electrons. The van der Waals surface area contributed by atoms with E-state index in [1.54, 1.807) is 18.2 Å². The Balaban J connectivity index is 2.27. The molecule has 0 heterocycles. The number of halogens is 1.